The van der Waals surface area contributed by atoms with E-state index >= 15 is 0 Å². The van der Waals surface area contributed by atoms with Crippen molar-refractivity contribution in [3.8, 4) is 0 Å². The predicted molar refractivity (Wildman–Crippen MR) is 76.8 cm³/mol. The lowest BCUT2D eigenvalue weighted by Crippen LogP contribution is -2.14. The Hall–Kier alpha value is -2.15. The zero-order chi connectivity index (χ0) is 13.9. The minimum Gasteiger partial charge on any atom is -0.269 e. The summed E-state index contributed by atoms with van der Waals surface area (Å²) in [6, 6.07) is 7.04. The molecule has 6 nitrogen and oxygen atoms in total. The van der Waals surface area contributed by atoms with Crippen LogP contribution in [0.3, 0.4) is 0 Å². The van der Waals surface area contributed by atoms with Crippen molar-refractivity contribution in [2.45, 2.75) is 24.3 Å². The molecule has 102 valence electrons. The second kappa shape index (κ2) is 5.46. The van der Waals surface area contributed by atoms with Crippen LogP contribution in [-0.2, 0) is 12.2 Å². The average Bonchev–Trinajstić information content (AvgIpc) is 2.93. The highest BCUT2D eigenvalue weighted by molar-refractivity contribution is 7.98. The molecule has 0 aromatic carbocycles. The monoisotopic (exact) mass is 287 g/mol. The van der Waals surface area contributed by atoms with Crippen LogP contribution in [0.4, 0.5) is 0 Å². The average molecular weight is 287 g/mol. The second-order valence-electron chi connectivity index (χ2n) is 4.22. The molecule has 0 saturated heterocycles. The summed E-state index contributed by atoms with van der Waals surface area (Å²) in [7, 11) is 0. The van der Waals surface area contributed by atoms with Crippen LogP contribution in [0.1, 0.15) is 18.4 Å². The van der Waals surface area contributed by atoms with Gasteiger partial charge in [-0.15, -0.1) is 5.10 Å². The number of H-pyrrole nitrogens is 1. The first-order valence-electron chi connectivity index (χ1n) is 6.27. The van der Waals surface area contributed by atoms with Crippen LogP contribution in [-0.4, -0.2) is 24.6 Å². The lowest BCUT2D eigenvalue weighted by Gasteiger charge is -2.02. The van der Waals surface area contributed by atoms with Gasteiger partial charge in [-0.05, 0) is 12.1 Å². The van der Waals surface area contributed by atoms with E-state index < -0.39 is 0 Å². The van der Waals surface area contributed by atoms with E-state index in [9.17, 15) is 4.79 Å². The van der Waals surface area contributed by atoms with Crippen molar-refractivity contribution in [1.29, 1.82) is 0 Å². The summed E-state index contributed by atoms with van der Waals surface area (Å²) in [4.78, 5) is 20.7. The van der Waals surface area contributed by atoms with Crippen molar-refractivity contribution in [2.24, 2.45) is 0 Å². The first-order chi connectivity index (χ1) is 9.76. The first kappa shape index (κ1) is 12.9. The molecule has 0 atom stereocenters. The molecular weight excluding hydrogens is 274 g/mol. The highest BCUT2D eigenvalue weighted by Gasteiger charge is 2.06. The Balaban J connectivity index is 1.82. The van der Waals surface area contributed by atoms with Crippen LogP contribution in [0.2, 0.25) is 0 Å². The van der Waals surface area contributed by atoms with Crippen LogP contribution >= 0.6 is 11.8 Å². The van der Waals surface area contributed by atoms with Gasteiger partial charge in [0.1, 0.15) is 11.5 Å². The van der Waals surface area contributed by atoms with Crippen molar-refractivity contribution in [3.05, 3.63) is 52.3 Å². The van der Waals surface area contributed by atoms with Crippen LogP contribution in [0.15, 0.2) is 40.4 Å². The van der Waals surface area contributed by atoms with E-state index in [4.69, 9.17) is 0 Å². The number of aromatic amines is 1. The van der Waals surface area contributed by atoms with Gasteiger partial charge in [-0.2, -0.15) is 0 Å². The van der Waals surface area contributed by atoms with Gasteiger partial charge in [-0.25, -0.2) is 9.97 Å². The molecule has 0 spiro atoms. The molecule has 3 rings (SSSR count). The maximum absolute atomic E-state index is 11.9. The highest BCUT2D eigenvalue weighted by atomic mass is 32.2. The molecule has 3 aromatic rings. The van der Waals surface area contributed by atoms with E-state index in [1.165, 1.54) is 16.2 Å². The van der Waals surface area contributed by atoms with Gasteiger partial charge in [-0.1, -0.05) is 24.8 Å². The summed E-state index contributed by atoms with van der Waals surface area (Å²) in [6.07, 6.45) is 2.54. The van der Waals surface area contributed by atoms with E-state index in [1.807, 2.05) is 25.1 Å². The number of aromatic nitrogens is 5. The minimum atomic E-state index is -0.0737. The molecule has 0 aliphatic heterocycles. The molecule has 20 heavy (non-hydrogen) atoms. The Morgan fingerprint density at radius 3 is 3.05 bits per heavy atom. The molecule has 0 unspecified atom stereocenters. The van der Waals surface area contributed by atoms with Gasteiger partial charge in [0, 0.05) is 24.4 Å². The maximum Gasteiger partial charge on any atom is 0.258 e. The molecule has 7 heteroatoms. The van der Waals surface area contributed by atoms with Gasteiger partial charge in [-0.3, -0.25) is 14.3 Å². The fourth-order valence-corrected chi connectivity index (χ4v) is 2.53. The lowest BCUT2D eigenvalue weighted by atomic mass is 10.4. The number of pyridine rings is 1. The van der Waals surface area contributed by atoms with Crippen LogP contribution in [0, 0.1) is 0 Å². The summed E-state index contributed by atoms with van der Waals surface area (Å²) in [5.41, 5.74) is 1.31. The summed E-state index contributed by atoms with van der Waals surface area (Å²) < 4.78 is 1.52. The highest BCUT2D eigenvalue weighted by Crippen LogP contribution is 2.17. The molecule has 3 aromatic heterocycles. The lowest BCUT2D eigenvalue weighted by molar-refractivity contribution is 0.941. The second-order valence-corrected chi connectivity index (χ2v) is 5.16. The van der Waals surface area contributed by atoms with Gasteiger partial charge >= 0.3 is 0 Å². The number of hydrogen-bond acceptors (Lipinski definition) is 5. The fraction of sp³-hybridized carbons (Fsp3) is 0.231. The number of rotatable bonds is 4. The Morgan fingerprint density at radius 2 is 2.25 bits per heavy atom. The number of nitrogens with zero attached hydrogens (tertiary/aromatic N) is 4. The molecule has 0 saturated carbocycles. The van der Waals surface area contributed by atoms with Gasteiger partial charge < -0.3 is 0 Å². The summed E-state index contributed by atoms with van der Waals surface area (Å²) in [6.45, 7) is 2.01. The number of nitrogens with one attached hydrogen (secondary N) is 1. The quantitative estimate of drug-likeness (QED) is 0.739. The molecule has 0 aliphatic rings. The van der Waals surface area contributed by atoms with E-state index in [1.54, 1.807) is 12.3 Å². The summed E-state index contributed by atoms with van der Waals surface area (Å²) in [5.74, 6) is 1.43. The number of aryl methyl sites for hydroxylation is 1. The molecule has 0 fully saturated rings. The number of thioether (sulfide) groups is 1. The molecule has 3 heterocycles. The van der Waals surface area contributed by atoms with E-state index in [-0.39, 0.29) is 5.56 Å². The van der Waals surface area contributed by atoms with E-state index in [0.717, 1.165) is 17.9 Å². The summed E-state index contributed by atoms with van der Waals surface area (Å²) in [5, 5.41) is 7.64. The Bertz CT molecular complexity index is 795. The first-order valence-corrected chi connectivity index (χ1v) is 7.26. The topological polar surface area (TPSA) is 75.9 Å². The summed E-state index contributed by atoms with van der Waals surface area (Å²) >= 11 is 1.46. The molecule has 1 N–H and O–H groups in total. The van der Waals surface area contributed by atoms with E-state index in [0.29, 0.717) is 16.6 Å². The third-order valence-corrected chi connectivity index (χ3v) is 3.70. The van der Waals surface area contributed by atoms with Gasteiger partial charge in [0.2, 0.25) is 5.16 Å². The third kappa shape index (κ3) is 2.57. The Labute approximate surface area is 119 Å². The fourth-order valence-electron chi connectivity index (χ4n) is 1.82. The Morgan fingerprint density at radius 1 is 1.35 bits per heavy atom. The van der Waals surface area contributed by atoms with Gasteiger partial charge in [0.15, 0.2) is 0 Å². The molecule has 0 bridgehead atoms. The molecule has 0 amide bonds. The Kier molecular flexibility index (Phi) is 3.51. The van der Waals surface area contributed by atoms with Crippen molar-refractivity contribution < 1.29 is 0 Å². The zero-order valence-electron chi connectivity index (χ0n) is 10.9. The predicted octanol–water partition coefficient (Wildman–Crippen LogP) is 1.67. The maximum atomic E-state index is 11.9. The third-order valence-electron chi connectivity index (χ3n) is 2.82. The molecular formula is C13H13N5OS. The van der Waals surface area contributed by atoms with Crippen LogP contribution < -0.4 is 5.56 Å². The largest absolute Gasteiger partial charge is 0.269 e. The number of hydrogen-bond donors (Lipinski definition) is 1. The zero-order valence-corrected chi connectivity index (χ0v) is 11.7. The molecule has 0 aliphatic carbocycles. The number of fused-ring (bicyclic) bond motifs is 1. The van der Waals surface area contributed by atoms with Gasteiger partial charge in [0.05, 0.1) is 5.69 Å². The van der Waals surface area contributed by atoms with Crippen molar-refractivity contribution in [3.63, 3.8) is 0 Å². The molecule has 0 radical (unpaired) electrons. The van der Waals surface area contributed by atoms with Crippen molar-refractivity contribution in [1.82, 2.24) is 24.6 Å². The van der Waals surface area contributed by atoms with Crippen LogP contribution in [0.25, 0.3) is 5.65 Å². The van der Waals surface area contributed by atoms with Crippen molar-refractivity contribution in [2.75, 3.05) is 0 Å². The minimum absolute atomic E-state index is 0.0737. The van der Waals surface area contributed by atoms with Gasteiger partial charge in [0.25, 0.3) is 5.56 Å². The normalized spacial score (nSPS) is 11.1. The standard InChI is InChI=1S/C13H13N5OS/c1-2-10-15-13(17-16-10)20-8-9-7-12(19)18-6-4-3-5-11(18)14-9/h3-7H,2,8H2,1H3,(H,15,16,17). The smallest absolute Gasteiger partial charge is 0.258 e. The van der Waals surface area contributed by atoms with E-state index in [2.05, 4.69) is 20.2 Å². The SMILES string of the molecule is CCc1nc(SCc2cc(=O)n3ccccc3n2)n[nH]1. The van der Waals surface area contributed by atoms with Crippen molar-refractivity contribution >= 4 is 17.4 Å². The van der Waals surface area contributed by atoms with Crippen LogP contribution in [0.5, 0.6) is 0 Å².